The molecule has 172 valence electrons. The Labute approximate surface area is 201 Å². The standard InChI is InChI=1S/C26H33ClN2O2S/c1-3-24(26(31)28-23-10-6-7-11-23)29(16-20-12-14-22(27)15-13-20)25(30)18-32-17-21-9-5-4-8-19(21)2/h4-5,8-9,12-15,23-24H,3,6-7,10-11,16-18H2,1-2H3,(H,28,31)/t24-/m0/s1. The number of benzene rings is 2. The van der Waals surface area contributed by atoms with Crippen LogP contribution in [0.3, 0.4) is 0 Å². The summed E-state index contributed by atoms with van der Waals surface area (Å²) in [6.07, 6.45) is 4.95. The number of hydrogen-bond acceptors (Lipinski definition) is 3. The topological polar surface area (TPSA) is 49.4 Å². The van der Waals surface area contributed by atoms with Crippen LogP contribution in [0.25, 0.3) is 0 Å². The van der Waals surface area contributed by atoms with Crippen LogP contribution in [0.1, 0.15) is 55.7 Å². The van der Waals surface area contributed by atoms with Gasteiger partial charge in [0.25, 0.3) is 0 Å². The van der Waals surface area contributed by atoms with Crippen molar-refractivity contribution in [2.75, 3.05) is 5.75 Å². The van der Waals surface area contributed by atoms with E-state index in [2.05, 4.69) is 24.4 Å². The second-order valence-corrected chi connectivity index (χ2v) is 9.90. The van der Waals surface area contributed by atoms with Crippen molar-refractivity contribution in [3.8, 4) is 0 Å². The van der Waals surface area contributed by atoms with Gasteiger partial charge in [-0.3, -0.25) is 9.59 Å². The summed E-state index contributed by atoms with van der Waals surface area (Å²) in [5.41, 5.74) is 3.44. The highest BCUT2D eigenvalue weighted by atomic mass is 35.5. The van der Waals surface area contributed by atoms with E-state index < -0.39 is 6.04 Å². The van der Waals surface area contributed by atoms with Gasteiger partial charge in [0.15, 0.2) is 0 Å². The van der Waals surface area contributed by atoms with Gasteiger partial charge >= 0.3 is 0 Å². The predicted octanol–water partition coefficient (Wildman–Crippen LogP) is 5.75. The van der Waals surface area contributed by atoms with Crippen LogP contribution in [0.4, 0.5) is 0 Å². The quantitative estimate of drug-likeness (QED) is 0.479. The summed E-state index contributed by atoms with van der Waals surface area (Å²) in [7, 11) is 0. The number of rotatable bonds is 10. The second-order valence-electron chi connectivity index (χ2n) is 8.48. The number of carbonyl (C=O) groups is 2. The minimum atomic E-state index is -0.474. The van der Waals surface area contributed by atoms with Crippen LogP contribution < -0.4 is 5.32 Å². The van der Waals surface area contributed by atoms with E-state index in [9.17, 15) is 9.59 Å². The third-order valence-electron chi connectivity index (χ3n) is 6.10. The molecule has 6 heteroatoms. The van der Waals surface area contributed by atoms with Crippen LogP contribution in [0.5, 0.6) is 0 Å². The summed E-state index contributed by atoms with van der Waals surface area (Å²) in [5.74, 6) is 1.07. The molecular weight excluding hydrogens is 440 g/mol. The van der Waals surface area contributed by atoms with E-state index in [4.69, 9.17) is 11.6 Å². The lowest BCUT2D eigenvalue weighted by Crippen LogP contribution is -2.51. The Kier molecular flexibility index (Phi) is 9.49. The Bertz CT molecular complexity index is 897. The first-order chi connectivity index (χ1) is 15.5. The minimum absolute atomic E-state index is 0.00745. The van der Waals surface area contributed by atoms with Gasteiger partial charge in [-0.15, -0.1) is 11.8 Å². The van der Waals surface area contributed by atoms with E-state index in [-0.39, 0.29) is 17.9 Å². The highest BCUT2D eigenvalue weighted by molar-refractivity contribution is 7.99. The maximum Gasteiger partial charge on any atom is 0.243 e. The van der Waals surface area contributed by atoms with Gasteiger partial charge in [-0.25, -0.2) is 0 Å². The van der Waals surface area contributed by atoms with Gasteiger partial charge in [-0.2, -0.15) is 0 Å². The van der Waals surface area contributed by atoms with Gasteiger partial charge in [0, 0.05) is 23.4 Å². The van der Waals surface area contributed by atoms with E-state index in [1.54, 1.807) is 16.7 Å². The molecule has 2 amide bonds. The molecule has 0 heterocycles. The van der Waals surface area contributed by atoms with Gasteiger partial charge in [-0.05, 0) is 55.0 Å². The van der Waals surface area contributed by atoms with Crippen molar-refractivity contribution in [2.45, 2.75) is 70.3 Å². The van der Waals surface area contributed by atoms with Gasteiger partial charge in [-0.1, -0.05) is 67.8 Å². The normalized spacial score (nSPS) is 14.8. The zero-order chi connectivity index (χ0) is 22.9. The molecule has 32 heavy (non-hydrogen) atoms. The molecular formula is C26H33ClN2O2S. The molecule has 0 bridgehead atoms. The van der Waals surface area contributed by atoms with E-state index in [1.165, 1.54) is 11.1 Å². The number of thioether (sulfide) groups is 1. The zero-order valence-electron chi connectivity index (χ0n) is 19.0. The van der Waals surface area contributed by atoms with Gasteiger partial charge in [0.05, 0.1) is 5.75 Å². The molecule has 2 aromatic carbocycles. The first kappa shape index (κ1) is 24.7. The fourth-order valence-electron chi connectivity index (χ4n) is 4.18. The molecule has 0 spiro atoms. The van der Waals surface area contributed by atoms with Gasteiger partial charge in [0.2, 0.25) is 11.8 Å². The SMILES string of the molecule is CC[C@@H](C(=O)NC1CCCC1)N(Cc1ccc(Cl)cc1)C(=O)CSCc1ccccc1C. The minimum Gasteiger partial charge on any atom is -0.352 e. The van der Waals surface area contributed by atoms with E-state index in [1.807, 2.05) is 43.3 Å². The highest BCUT2D eigenvalue weighted by Gasteiger charge is 2.30. The number of aryl methyl sites for hydroxylation is 1. The molecule has 1 N–H and O–H groups in total. The molecule has 1 fully saturated rings. The Balaban J connectivity index is 1.70. The Morgan fingerprint density at radius 3 is 2.47 bits per heavy atom. The van der Waals surface area contributed by atoms with Crippen LogP contribution in [0.15, 0.2) is 48.5 Å². The van der Waals surface area contributed by atoms with Crippen LogP contribution in [-0.2, 0) is 21.9 Å². The van der Waals surface area contributed by atoms with E-state index in [0.29, 0.717) is 23.7 Å². The molecule has 0 radical (unpaired) electrons. The van der Waals surface area contributed by atoms with Crippen LogP contribution >= 0.6 is 23.4 Å². The third-order valence-corrected chi connectivity index (χ3v) is 7.32. The second kappa shape index (κ2) is 12.3. The maximum absolute atomic E-state index is 13.3. The summed E-state index contributed by atoms with van der Waals surface area (Å²) in [4.78, 5) is 28.2. The summed E-state index contributed by atoms with van der Waals surface area (Å²) >= 11 is 7.64. The molecule has 1 aliphatic carbocycles. The van der Waals surface area contributed by atoms with Crippen molar-refractivity contribution in [3.05, 3.63) is 70.2 Å². The molecule has 0 aromatic heterocycles. The van der Waals surface area contributed by atoms with Crippen LogP contribution in [0, 0.1) is 6.92 Å². The number of carbonyl (C=O) groups excluding carboxylic acids is 2. The first-order valence-electron chi connectivity index (χ1n) is 11.4. The number of amides is 2. The molecule has 3 rings (SSSR count). The average Bonchev–Trinajstić information content (AvgIpc) is 3.29. The van der Waals surface area contributed by atoms with Crippen molar-refractivity contribution in [2.24, 2.45) is 0 Å². The summed E-state index contributed by atoms with van der Waals surface area (Å²) < 4.78 is 0. The third kappa shape index (κ3) is 7.01. The highest BCUT2D eigenvalue weighted by Crippen LogP contribution is 2.21. The lowest BCUT2D eigenvalue weighted by molar-refractivity contribution is -0.139. The fraction of sp³-hybridized carbons (Fsp3) is 0.462. The molecule has 2 aromatic rings. The van der Waals surface area contributed by atoms with Crippen LogP contribution in [-0.4, -0.2) is 34.6 Å². The summed E-state index contributed by atoms with van der Waals surface area (Å²) in [6.45, 7) is 4.46. The van der Waals surface area contributed by atoms with Crippen molar-refractivity contribution in [3.63, 3.8) is 0 Å². The maximum atomic E-state index is 13.3. The number of nitrogens with one attached hydrogen (secondary N) is 1. The zero-order valence-corrected chi connectivity index (χ0v) is 20.6. The lowest BCUT2D eigenvalue weighted by Gasteiger charge is -2.31. The van der Waals surface area contributed by atoms with Crippen molar-refractivity contribution < 1.29 is 9.59 Å². The Morgan fingerprint density at radius 1 is 1.12 bits per heavy atom. The van der Waals surface area contributed by atoms with Gasteiger partial charge < -0.3 is 10.2 Å². The molecule has 0 saturated heterocycles. The van der Waals surface area contributed by atoms with Crippen molar-refractivity contribution >= 4 is 35.2 Å². The molecule has 4 nitrogen and oxygen atoms in total. The smallest absolute Gasteiger partial charge is 0.243 e. The largest absolute Gasteiger partial charge is 0.352 e. The van der Waals surface area contributed by atoms with Crippen molar-refractivity contribution in [1.29, 1.82) is 0 Å². The molecule has 1 atom stereocenters. The van der Waals surface area contributed by atoms with E-state index >= 15 is 0 Å². The average molecular weight is 473 g/mol. The van der Waals surface area contributed by atoms with Crippen LogP contribution in [0.2, 0.25) is 5.02 Å². The summed E-state index contributed by atoms with van der Waals surface area (Å²) in [6, 6.07) is 15.5. The predicted molar refractivity (Wildman–Crippen MR) is 134 cm³/mol. The lowest BCUT2D eigenvalue weighted by atomic mass is 10.1. The Morgan fingerprint density at radius 2 is 1.81 bits per heavy atom. The molecule has 0 unspecified atom stereocenters. The molecule has 0 aliphatic heterocycles. The van der Waals surface area contributed by atoms with Gasteiger partial charge in [0.1, 0.15) is 6.04 Å². The van der Waals surface area contributed by atoms with E-state index in [0.717, 1.165) is 37.0 Å². The number of halogens is 1. The fourth-order valence-corrected chi connectivity index (χ4v) is 5.29. The Hall–Kier alpha value is -1.98. The van der Waals surface area contributed by atoms with Crippen molar-refractivity contribution in [1.82, 2.24) is 10.2 Å². The molecule has 1 aliphatic rings. The molecule has 1 saturated carbocycles. The number of nitrogens with zero attached hydrogens (tertiary/aromatic N) is 1. The number of hydrogen-bond donors (Lipinski definition) is 1. The monoisotopic (exact) mass is 472 g/mol. The summed E-state index contributed by atoms with van der Waals surface area (Å²) in [5, 5.41) is 3.85. The first-order valence-corrected chi connectivity index (χ1v) is 13.0.